The minimum atomic E-state index is -0.608. The second kappa shape index (κ2) is 14.4. The Bertz CT molecular complexity index is 1780. The molecule has 1 aliphatic rings. The van der Waals surface area contributed by atoms with Gasteiger partial charge >= 0.3 is 0 Å². The van der Waals surface area contributed by atoms with Gasteiger partial charge < -0.3 is 20.1 Å². The molecule has 4 aromatic rings. The van der Waals surface area contributed by atoms with Crippen molar-refractivity contribution in [1.82, 2.24) is 5.32 Å². The summed E-state index contributed by atoms with van der Waals surface area (Å²) in [5.74, 6) is -0.742. The van der Waals surface area contributed by atoms with Crippen LogP contribution < -0.4 is 25.0 Å². The van der Waals surface area contributed by atoms with Crippen molar-refractivity contribution in [2.45, 2.75) is 16.6 Å². The monoisotopic (exact) mass is 733 g/mol. The standard InChI is InChI=1S/C34H28IN3O6S/c1-43-28-13-6-10-22(31(28)44-2)18-27(37-32(40)21-8-4-3-5-9-21)33(41)36-24-11-7-12-26(19-24)45-29-20-30(39)38(34(29)42)25-16-14-23(35)15-17-25/h3-19,29H,20H2,1-2H3,(H,36,41)(H,37,40)/b27-18-/t29-/m1/s1. The lowest BCUT2D eigenvalue weighted by Gasteiger charge is -2.15. The first-order valence-electron chi connectivity index (χ1n) is 13.8. The van der Waals surface area contributed by atoms with Crippen molar-refractivity contribution in [3.63, 3.8) is 0 Å². The van der Waals surface area contributed by atoms with Gasteiger partial charge in [-0.15, -0.1) is 11.8 Å². The molecule has 1 heterocycles. The summed E-state index contributed by atoms with van der Waals surface area (Å²) in [6, 6.07) is 27.9. The van der Waals surface area contributed by atoms with Crippen molar-refractivity contribution >= 4 is 75.4 Å². The Labute approximate surface area is 278 Å². The van der Waals surface area contributed by atoms with E-state index in [9.17, 15) is 19.2 Å². The van der Waals surface area contributed by atoms with Gasteiger partial charge in [0.05, 0.1) is 25.2 Å². The molecule has 1 fully saturated rings. The molecule has 0 spiro atoms. The molecule has 9 nitrogen and oxygen atoms in total. The zero-order valence-electron chi connectivity index (χ0n) is 24.3. The number of anilines is 2. The van der Waals surface area contributed by atoms with Crippen LogP contribution in [-0.4, -0.2) is 43.1 Å². The zero-order chi connectivity index (χ0) is 31.9. The first-order valence-corrected chi connectivity index (χ1v) is 15.7. The number of carbonyl (C=O) groups is 4. The lowest BCUT2D eigenvalue weighted by molar-refractivity contribution is -0.121. The topological polar surface area (TPSA) is 114 Å². The lowest BCUT2D eigenvalue weighted by Crippen LogP contribution is -2.31. The van der Waals surface area contributed by atoms with E-state index in [1.807, 2.05) is 12.1 Å². The minimum absolute atomic E-state index is 0.0295. The summed E-state index contributed by atoms with van der Waals surface area (Å²) in [6.07, 6.45) is 1.57. The molecular formula is C34H28IN3O6S. The predicted molar refractivity (Wildman–Crippen MR) is 182 cm³/mol. The van der Waals surface area contributed by atoms with Gasteiger partial charge in [-0.25, -0.2) is 4.90 Å². The molecule has 0 saturated carbocycles. The van der Waals surface area contributed by atoms with E-state index < -0.39 is 17.1 Å². The van der Waals surface area contributed by atoms with Crippen LogP contribution in [0.5, 0.6) is 11.5 Å². The number of thioether (sulfide) groups is 1. The molecule has 5 rings (SSSR count). The van der Waals surface area contributed by atoms with Crippen molar-refractivity contribution in [1.29, 1.82) is 0 Å². The number of nitrogens with one attached hydrogen (secondary N) is 2. The molecule has 0 unspecified atom stereocenters. The average Bonchev–Trinajstić information content (AvgIpc) is 3.33. The molecule has 1 atom stereocenters. The number of para-hydroxylation sites is 1. The van der Waals surface area contributed by atoms with Crippen LogP contribution in [0.3, 0.4) is 0 Å². The number of halogens is 1. The quantitative estimate of drug-likeness (QED) is 0.114. The molecule has 0 aromatic heterocycles. The maximum atomic E-state index is 13.6. The molecule has 4 aromatic carbocycles. The summed E-state index contributed by atoms with van der Waals surface area (Å²) in [4.78, 5) is 54.6. The maximum absolute atomic E-state index is 13.6. The van der Waals surface area contributed by atoms with Crippen LogP contribution in [0.4, 0.5) is 11.4 Å². The molecule has 0 bridgehead atoms. The van der Waals surface area contributed by atoms with E-state index in [-0.39, 0.29) is 23.9 Å². The Morgan fingerprint density at radius 3 is 2.36 bits per heavy atom. The SMILES string of the molecule is COc1cccc(/C=C(\NC(=O)c2ccccc2)C(=O)Nc2cccc(S[C@@H]3CC(=O)N(c4ccc(I)cc4)C3=O)c2)c1OC. The highest BCUT2D eigenvalue weighted by Crippen LogP contribution is 2.35. The molecule has 0 radical (unpaired) electrons. The van der Waals surface area contributed by atoms with Crippen LogP contribution in [0.2, 0.25) is 0 Å². The number of carbonyl (C=O) groups excluding carboxylic acids is 4. The Balaban J connectivity index is 1.37. The molecule has 1 aliphatic heterocycles. The van der Waals surface area contributed by atoms with Gasteiger partial charge in [-0.3, -0.25) is 19.2 Å². The first-order chi connectivity index (χ1) is 21.8. The van der Waals surface area contributed by atoms with Crippen molar-refractivity contribution in [2.75, 3.05) is 24.4 Å². The van der Waals surface area contributed by atoms with E-state index in [0.29, 0.717) is 38.9 Å². The number of ether oxygens (including phenoxy) is 2. The number of methoxy groups -OCH3 is 2. The van der Waals surface area contributed by atoms with E-state index in [1.54, 1.807) is 84.9 Å². The molecule has 0 aliphatic carbocycles. The van der Waals surface area contributed by atoms with Crippen LogP contribution in [0.15, 0.2) is 108 Å². The Kier molecular flexibility index (Phi) is 10.2. The Morgan fingerprint density at radius 2 is 1.64 bits per heavy atom. The summed E-state index contributed by atoms with van der Waals surface area (Å²) in [5.41, 5.74) is 1.84. The summed E-state index contributed by atoms with van der Waals surface area (Å²) >= 11 is 3.42. The minimum Gasteiger partial charge on any atom is -0.493 e. The highest BCUT2D eigenvalue weighted by molar-refractivity contribution is 14.1. The fraction of sp³-hybridized carbons (Fsp3) is 0.118. The molecule has 228 valence electrons. The molecule has 2 N–H and O–H groups in total. The predicted octanol–water partition coefficient (Wildman–Crippen LogP) is 6.14. The normalized spacial score (nSPS) is 14.7. The number of amides is 4. The highest BCUT2D eigenvalue weighted by Gasteiger charge is 2.40. The Morgan fingerprint density at radius 1 is 0.911 bits per heavy atom. The van der Waals surface area contributed by atoms with Gasteiger partial charge in [-0.2, -0.15) is 0 Å². The third-order valence-electron chi connectivity index (χ3n) is 6.82. The van der Waals surface area contributed by atoms with E-state index in [2.05, 4.69) is 33.2 Å². The number of benzene rings is 4. The van der Waals surface area contributed by atoms with Crippen molar-refractivity contribution in [3.05, 3.63) is 117 Å². The zero-order valence-corrected chi connectivity index (χ0v) is 27.3. The fourth-order valence-electron chi connectivity index (χ4n) is 4.69. The molecule has 45 heavy (non-hydrogen) atoms. The maximum Gasteiger partial charge on any atom is 0.272 e. The summed E-state index contributed by atoms with van der Waals surface area (Å²) in [5, 5.41) is 4.95. The Hall–Kier alpha value is -4.62. The molecular weight excluding hydrogens is 705 g/mol. The summed E-state index contributed by atoms with van der Waals surface area (Å²) in [7, 11) is 3.00. The third-order valence-corrected chi connectivity index (χ3v) is 8.72. The molecule has 4 amide bonds. The van der Waals surface area contributed by atoms with Crippen LogP contribution in [0.1, 0.15) is 22.3 Å². The van der Waals surface area contributed by atoms with Gasteiger partial charge in [0.25, 0.3) is 11.8 Å². The van der Waals surface area contributed by atoms with Crippen LogP contribution in [0.25, 0.3) is 6.08 Å². The van der Waals surface area contributed by atoms with E-state index in [1.165, 1.54) is 37.0 Å². The van der Waals surface area contributed by atoms with E-state index in [0.717, 1.165) is 3.57 Å². The van der Waals surface area contributed by atoms with Gasteiger partial charge in [-0.05, 0) is 89.3 Å². The van der Waals surface area contributed by atoms with Gasteiger partial charge in [0.2, 0.25) is 11.8 Å². The number of rotatable bonds is 10. The smallest absolute Gasteiger partial charge is 0.272 e. The van der Waals surface area contributed by atoms with Gasteiger partial charge in [0.15, 0.2) is 11.5 Å². The van der Waals surface area contributed by atoms with E-state index >= 15 is 0 Å². The fourth-order valence-corrected chi connectivity index (χ4v) is 6.16. The molecule has 1 saturated heterocycles. The third kappa shape index (κ3) is 7.55. The first kappa shape index (κ1) is 31.8. The van der Waals surface area contributed by atoms with E-state index in [4.69, 9.17) is 9.47 Å². The number of nitrogens with zero attached hydrogens (tertiary/aromatic N) is 1. The number of hydrogen-bond acceptors (Lipinski definition) is 7. The van der Waals surface area contributed by atoms with Crippen molar-refractivity contribution in [3.8, 4) is 11.5 Å². The second-order valence-electron chi connectivity index (χ2n) is 9.80. The van der Waals surface area contributed by atoms with Gasteiger partial charge in [0.1, 0.15) is 5.70 Å². The highest BCUT2D eigenvalue weighted by atomic mass is 127. The average molecular weight is 734 g/mol. The summed E-state index contributed by atoms with van der Waals surface area (Å²) in [6.45, 7) is 0. The van der Waals surface area contributed by atoms with Crippen LogP contribution >= 0.6 is 34.4 Å². The summed E-state index contributed by atoms with van der Waals surface area (Å²) < 4.78 is 11.9. The second-order valence-corrected chi connectivity index (χ2v) is 12.3. The molecule has 11 heteroatoms. The van der Waals surface area contributed by atoms with Crippen LogP contribution in [0, 0.1) is 3.57 Å². The van der Waals surface area contributed by atoms with Crippen molar-refractivity contribution < 1.29 is 28.7 Å². The number of imide groups is 1. The lowest BCUT2D eigenvalue weighted by atomic mass is 10.1. The largest absolute Gasteiger partial charge is 0.493 e. The van der Waals surface area contributed by atoms with Crippen LogP contribution in [-0.2, 0) is 14.4 Å². The van der Waals surface area contributed by atoms with Gasteiger partial charge in [-0.1, -0.05) is 36.4 Å². The van der Waals surface area contributed by atoms with Gasteiger partial charge in [0, 0.05) is 31.7 Å². The van der Waals surface area contributed by atoms with Crippen molar-refractivity contribution in [2.24, 2.45) is 0 Å². The number of hydrogen-bond donors (Lipinski definition) is 2.